The Morgan fingerprint density at radius 2 is 1.87 bits per heavy atom. The van der Waals surface area contributed by atoms with Crippen LogP contribution >= 0.6 is 0 Å². The normalized spacial score (nSPS) is 17.5. The van der Waals surface area contributed by atoms with Gasteiger partial charge in [-0.1, -0.05) is 58.0 Å². The van der Waals surface area contributed by atoms with Gasteiger partial charge >= 0.3 is 0 Å². The van der Waals surface area contributed by atoms with Crippen molar-refractivity contribution < 1.29 is 9.53 Å². The monoisotopic (exact) mass is 408 g/mol. The van der Waals surface area contributed by atoms with E-state index in [0.717, 1.165) is 18.2 Å². The maximum Gasteiger partial charge on any atom is 0.251 e. The van der Waals surface area contributed by atoms with Crippen LogP contribution in [0.4, 0.5) is 0 Å². The van der Waals surface area contributed by atoms with E-state index < -0.39 is 0 Å². The molecule has 0 aliphatic carbocycles. The molecule has 4 heteroatoms. The van der Waals surface area contributed by atoms with E-state index in [2.05, 4.69) is 56.1 Å². The molecule has 1 heterocycles. The van der Waals surface area contributed by atoms with Crippen LogP contribution in [-0.2, 0) is 12.0 Å². The highest BCUT2D eigenvalue weighted by Gasteiger charge is 2.18. The van der Waals surface area contributed by atoms with E-state index in [9.17, 15) is 4.79 Å². The molecule has 1 fully saturated rings. The highest BCUT2D eigenvalue weighted by molar-refractivity contribution is 5.94. The number of benzene rings is 2. The van der Waals surface area contributed by atoms with Crippen molar-refractivity contribution in [2.45, 2.75) is 52.5 Å². The molecule has 2 aromatic carbocycles. The third-order valence-electron chi connectivity index (χ3n) is 5.70. The Morgan fingerprint density at radius 1 is 1.13 bits per heavy atom. The van der Waals surface area contributed by atoms with E-state index in [1.54, 1.807) is 0 Å². The predicted molar refractivity (Wildman–Crippen MR) is 123 cm³/mol. The zero-order valence-corrected chi connectivity index (χ0v) is 18.9. The largest absolute Gasteiger partial charge is 0.491 e. The first-order chi connectivity index (χ1) is 14.3. The number of piperidine rings is 1. The average Bonchev–Trinajstić information content (AvgIpc) is 2.71. The summed E-state index contributed by atoms with van der Waals surface area (Å²) in [5.74, 6) is 1.61. The van der Waals surface area contributed by atoms with E-state index in [1.165, 1.54) is 37.1 Å². The second kappa shape index (κ2) is 10.1. The Balaban J connectivity index is 1.45. The molecule has 162 valence electrons. The lowest BCUT2D eigenvalue weighted by atomic mass is 9.86. The quantitative estimate of drug-likeness (QED) is 0.654. The molecule has 1 saturated heterocycles. The van der Waals surface area contributed by atoms with Crippen LogP contribution in [0.15, 0.2) is 48.5 Å². The smallest absolute Gasteiger partial charge is 0.251 e. The van der Waals surface area contributed by atoms with Gasteiger partial charge in [-0.3, -0.25) is 9.69 Å². The number of likely N-dealkylation sites (tertiary alicyclic amines) is 1. The van der Waals surface area contributed by atoms with Gasteiger partial charge in [0.2, 0.25) is 0 Å². The molecule has 0 unspecified atom stereocenters. The van der Waals surface area contributed by atoms with Gasteiger partial charge in [-0.05, 0) is 60.0 Å². The second-order valence-electron chi connectivity index (χ2n) is 9.53. The number of nitrogens with zero attached hydrogens (tertiary/aromatic N) is 1. The van der Waals surface area contributed by atoms with E-state index in [0.29, 0.717) is 18.7 Å². The summed E-state index contributed by atoms with van der Waals surface area (Å²) in [4.78, 5) is 15.0. The molecular formula is C26H36N2O2. The first-order valence-corrected chi connectivity index (χ1v) is 11.1. The first kappa shape index (κ1) is 22.4. The van der Waals surface area contributed by atoms with Crippen molar-refractivity contribution in [1.29, 1.82) is 0 Å². The van der Waals surface area contributed by atoms with E-state index in [4.69, 9.17) is 4.74 Å². The molecule has 0 bridgehead atoms. The number of para-hydroxylation sites is 1. The first-order valence-electron chi connectivity index (χ1n) is 11.1. The number of hydrogen-bond donors (Lipinski definition) is 1. The summed E-state index contributed by atoms with van der Waals surface area (Å²) in [6.07, 6.45) is 2.62. The number of nitrogens with one attached hydrogen (secondary N) is 1. The Bertz CT molecular complexity index is 824. The van der Waals surface area contributed by atoms with Crippen LogP contribution in [0.25, 0.3) is 0 Å². The van der Waals surface area contributed by atoms with Crippen LogP contribution in [-0.4, -0.2) is 37.0 Å². The van der Waals surface area contributed by atoms with Gasteiger partial charge in [-0.2, -0.15) is 0 Å². The molecule has 1 N–H and O–H groups in total. The molecule has 2 aromatic rings. The van der Waals surface area contributed by atoms with Gasteiger partial charge in [0.1, 0.15) is 12.4 Å². The van der Waals surface area contributed by atoms with Crippen LogP contribution in [0.5, 0.6) is 5.75 Å². The van der Waals surface area contributed by atoms with E-state index in [1.807, 2.05) is 30.3 Å². The topological polar surface area (TPSA) is 41.6 Å². The Kier molecular flexibility index (Phi) is 7.54. The highest BCUT2D eigenvalue weighted by atomic mass is 16.5. The van der Waals surface area contributed by atoms with Crippen molar-refractivity contribution in [3.63, 3.8) is 0 Å². The molecule has 0 aromatic heterocycles. The number of rotatable bonds is 7. The standard InChI is InChI=1S/C26H36N2O2/c1-20-8-7-16-28(18-20)19-21-11-13-22(14-12-21)25(29)27-15-17-30-24-10-6-5-9-23(24)26(2,3)4/h5-6,9-14,20H,7-8,15-19H2,1-4H3,(H,27,29)/t20-/m0/s1. The molecule has 1 aliphatic rings. The second-order valence-corrected chi connectivity index (χ2v) is 9.53. The van der Waals surface area contributed by atoms with Gasteiger partial charge in [0.15, 0.2) is 0 Å². The molecular weight excluding hydrogens is 372 g/mol. The zero-order valence-electron chi connectivity index (χ0n) is 18.9. The van der Waals surface area contributed by atoms with Crippen LogP contribution in [0.2, 0.25) is 0 Å². The molecule has 30 heavy (non-hydrogen) atoms. The van der Waals surface area contributed by atoms with Gasteiger partial charge < -0.3 is 10.1 Å². The summed E-state index contributed by atoms with van der Waals surface area (Å²) in [5.41, 5.74) is 3.16. The maximum atomic E-state index is 12.4. The Hall–Kier alpha value is -2.33. The minimum Gasteiger partial charge on any atom is -0.491 e. The molecule has 0 spiro atoms. The SMILES string of the molecule is C[C@H]1CCCN(Cc2ccc(C(=O)NCCOc3ccccc3C(C)(C)C)cc2)C1. The molecule has 1 aliphatic heterocycles. The number of ether oxygens (including phenoxy) is 1. The van der Waals surface area contributed by atoms with Crippen molar-refractivity contribution in [2.75, 3.05) is 26.2 Å². The van der Waals surface area contributed by atoms with Crippen LogP contribution in [0.3, 0.4) is 0 Å². The van der Waals surface area contributed by atoms with Crippen molar-refractivity contribution in [2.24, 2.45) is 5.92 Å². The Labute approximate surface area is 181 Å². The van der Waals surface area contributed by atoms with Gasteiger partial charge in [-0.15, -0.1) is 0 Å². The van der Waals surface area contributed by atoms with Crippen molar-refractivity contribution in [3.8, 4) is 5.75 Å². The summed E-state index contributed by atoms with van der Waals surface area (Å²) in [7, 11) is 0. The maximum absolute atomic E-state index is 12.4. The summed E-state index contributed by atoms with van der Waals surface area (Å²) in [6, 6.07) is 16.1. The van der Waals surface area contributed by atoms with Crippen molar-refractivity contribution in [1.82, 2.24) is 10.2 Å². The third-order valence-corrected chi connectivity index (χ3v) is 5.70. The minimum absolute atomic E-state index is 0.0217. The lowest BCUT2D eigenvalue weighted by Crippen LogP contribution is -2.33. The van der Waals surface area contributed by atoms with Gasteiger partial charge in [0.25, 0.3) is 5.91 Å². The zero-order chi connectivity index (χ0) is 21.6. The van der Waals surface area contributed by atoms with Crippen molar-refractivity contribution >= 4 is 5.91 Å². The summed E-state index contributed by atoms with van der Waals surface area (Å²) < 4.78 is 5.94. The lowest BCUT2D eigenvalue weighted by molar-refractivity contribution is 0.0946. The van der Waals surface area contributed by atoms with Gasteiger partial charge in [-0.25, -0.2) is 0 Å². The molecule has 0 saturated carbocycles. The molecule has 1 amide bonds. The minimum atomic E-state index is -0.0548. The van der Waals surface area contributed by atoms with Crippen LogP contribution < -0.4 is 10.1 Å². The third kappa shape index (κ3) is 6.33. The lowest BCUT2D eigenvalue weighted by Gasteiger charge is -2.30. The Morgan fingerprint density at radius 3 is 2.57 bits per heavy atom. The number of amides is 1. The summed E-state index contributed by atoms with van der Waals surface area (Å²) in [5, 5.41) is 2.96. The molecule has 4 nitrogen and oxygen atoms in total. The van der Waals surface area contributed by atoms with E-state index >= 15 is 0 Å². The summed E-state index contributed by atoms with van der Waals surface area (Å²) >= 11 is 0. The molecule has 1 atom stereocenters. The van der Waals surface area contributed by atoms with E-state index in [-0.39, 0.29) is 11.3 Å². The summed E-state index contributed by atoms with van der Waals surface area (Å²) in [6.45, 7) is 13.1. The molecule has 3 rings (SSSR count). The van der Waals surface area contributed by atoms with Gasteiger partial charge in [0, 0.05) is 18.7 Å². The predicted octanol–water partition coefficient (Wildman–Crippen LogP) is 5.02. The van der Waals surface area contributed by atoms with Gasteiger partial charge in [0.05, 0.1) is 6.54 Å². The average molecular weight is 409 g/mol. The number of hydrogen-bond acceptors (Lipinski definition) is 3. The van der Waals surface area contributed by atoms with Crippen LogP contribution in [0.1, 0.15) is 62.0 Å². The van der Waals surface area contributed by atoms with Crippen LogP contribution in [0, 0.1) is 5.92 Å². The van der Waals surface area contributed by atoms with Crippen molar-refractivity contribution in [3.05, 3.63) is 65.2 Å². The fraction of sp³-hybridized carbons (Fsp3) is 0.500. The fourth-order valence-electron chi connectivity index (χ4n) is 4.09. The number of carbonyl (C=O) groups is 1. The highest BCUT2D eigenvalue weighted by Crippen LogP contribution is 2.30. The molecule has 0 radical (unpaired) electrons. The number of carbonyl (C=O) groups excluding carboxylic acids is 1. The fourth-order valence-corrected chi connectivity index (χ4v) is 4.09.